The lowest BCUT2D eigenvalue weighted by Gasteiger charge is -2.21. The molecule has 2 atom stereocenters. The third kappa shape index (κ3) is 31.0. The molecule has 3 N–H and O–H groups in total. The SMILES string of the molecule is CC/C=C\C/C=C\C/C=C\C/C=C\C/C=C\CCCCCCCC(=O)NC(CS(=O)(=O)O)C(O)/C=C/CCCCCCC. The van der Waals surface area contributed by atoms with Gasteiger partial charge in [0, 0.05) is 6.42 Å². The van der Waals surface area contributed by atoms with Crippen molar-refractivity contribution in [1.29, 1.82) is 0 Å². The lowest BCUT2D eigenvalue weighted by Crippen LogP contribution is -2.46. The highest BCUT2D eigenvalue weighted by molar-refractivity contribution is 7.85. The number of amides is 1. The number of rotatable bonds is 28. The second-order valence-corrected chi connectivity index (χ2v) is 12.6. The number of allylic oxidation sites excluding steroid dienone is 11. The molecular weight excluding hydrogens is 558 g/mol. The highest BCUT2D eigenvalue weighted by Crippen LogP contribution is 2.10. The molecule has 0 aliphatic carbocycles. The molecule has 0 aromatic heterocycles. The van der Waals surface area contributed by atoms with Gasteiger partial charge in [0.05, 0.1) is 17.9 Å². The maximum absolute atomic E-state index is 12.4. The van der Waals surface area contributed by atoms with Crippen molar-refractivity contribution < 1.29 is 22.9 Å². The van der Waals surface area contributed by atoms with E-state index in [2.05, 4.69) is 79.9 Å². The fraction of sp³-hybridized carbons (Fsp3) is 0.639. The number of aliphatic hydroxyl groups is 1. The van der Waals surface area contributed by atoms with Crippen molar-refractivity contribution in [1.82, 2.24) is 5.32 Å². The number of aliphatic hydroxyl groups excluding tert-OH is 1. The molecule has 1 amide bonds. The number of nitrogens with one attached hydrogen (secondary N) is 1. The van der Waals surface area contributed by atoms with E-state index < -0.39 is 28.0 Å². The number of carbonyl (C=O) groups is 1. The Hall–Kier alpha value is -2.22. The maximum Gasteiger partial charge on any atom is 0.267 e. The van der Waals surface area contributed by atoms with Crippen LogP contribution in [-0.2, 0) is 14.9 Å². The molecule has 6 nitrogen and oxygen atoms in total. The van der Waals surface area contributed by atoms with Crippen molar-refractivity contribution in [2.24, 2.45) is 0 Å². The van der Waals surface area contributed by atoms with E-state index in [0.717, 1.165) is 83.5 Å². The van der Waals surface area contributed by atoms with Gasteiger partial charge >= 0.3 is 0 Å². The van der Waals surface area contributed by atoms with Gasteiger partial charge in [0.15, 0.2) is 0 Å². The Morgan fingerprint density at radius 3 is 1.65 bits per heavy atom. The van der Waals surface area contributed by atoms with Crippen LogP contribution in [0.1, 0.15) is 129 Å². The Morgan fingerprint density at radius 1 is 0.651 bits per heavy atom. The standard InChI is InChI=1S/C36H61NO5S/c1-3-5-7-9-11-12-13-14-15-16-17-18-19-20-21-22-23-24-26-28-30-32-36(39)37-34(33-43(40,41)42)35(38)31-29-27-25-10-8-6-4-2/h5,7,11-12,14-15,17-18,20-21,29,31,34-35,38H,3-4,6,8-10,13,16,19,22-28,30,32-33H2,1-2H3,(H,37,39)(H,40,41,42)/b7-5-,12-11-,15-14-,18-17-,21-20-,31-29+. The van der Waals surface area contributed by atoms with Gasteiger partial charge < -0.3 is 10.4 Å². The van der Waals surface area contributed by atoms with Gasteiger partial charge in [-0.15, -0.1) is 0 Å². The van der Waals surface area contributed by atoms with Gasteiger partial charge in [0.25, 0.3) is 10.1 Å². The molecule has 7 heteroatoms. The largest absolute Gasteiger partial charge is 0.387 e. The molecule has 0 saturated carbocycles. The van der Waals surface area contributed by atoms with Gasteiger partial charge in [-0.25, -0.2) is 0 Å². The Labute approximate surface area is 264 Å². The third-order valence-corrected chi connectivity index (χ3v) is 7.67. The van der Waals surface area contributed by atoms with Crippen molar-refractivity contribution in [2.75, 3.05) is 5.75 Å². The summed E-state index contributed by atoms with van der Waals surface area (Å²) in [7, 11) is -4.34. The first kappa shape index (κ1) is 40.8. The molecule has 0 aliphatic heterocycles. The number of carbonyl (C=O) groups excluding carboxylic acids is 1. The first-order valence-electron chi connectivity index (χ1n) is 16.6. The van der Waals surface area contributed by atoms with E-state index in [0.29, 0.717) is 6.42 Å². The van der Waals surface area contributed by atoms with Gasteiger partial charge in [-0.1, -0.05) is 132 Å². The molecule has 0 saturated heterocycles. The van der Waals surface area contributed by atoms with Gasteiger partial charge in [0.2, 0.25) is 5.91 Å². The lowest BCUT2D eigenvalue weighted by atomic mass is 10.1. The van der Waals surface area contributed by atoms with Crippen molar-refractivity contribution in [3.63, 3.8) is 0 Å². The lowest BCUT2D eigenvalue weighted by molar-refractivity contribution is -0.122. The first-order chi connectivity index (χ1) is 20.8. The predicted molar refractivity (Wildman–Crippen MR) is 184 cm³/mol. The van der Waals surface area contributed by atoms with E-state index in [1.165, 1.54) is 25.3 Å². The summed E-state index contributed by atoms with van der Waals surface area (Å²) in [5, 5.41) is 13.0. The van der Waals surface area contributed by atoms with Crippen molar-refractivity contribution in [3.8, 4) is 0 Å². The van der Waals surface area contributed by atoms with Crippen LogP contribution in [-0.4, -0.2) is 41.9 Å². The first-order valence-corrected chi connectivity index (χ1v) is 18.2. The Kier molecular flexibility index (Phi) is 28.3. The molecule has 43 heavy (non-hydrogen) atoms. The summed E-state index contributed by atoms with van der Waals surface area (Å²) >= 11 is 0. The minimum Gasteiger partial charge on any atom is -0.387 e. The minimum atomic E-state index is -4.34. The summed E-state index contributed by atoms with van der Waals surface area (Å²) in [4.78, 5) is 12.4. The monoisotopic (exact) mass is 619 g/mol. The second kappa shape index (κ2) is 29.8. The van der Waals surface area contributed by atoms with Crippen LogP contribution >= 0.6 is 0 Å². The molecule has 246 valence electrons. The Morgan fingerprint density at radius 2 is 1.12 bits per heavy atom. The van der Waals surface area contributed by atoms with Gasteiger partial charge in [0.1, 0.15) is 0 Å². The van der Waals surface area contributed by atoms with Crippen molar-refractivity contribution >= 4 is 16.0 Å². The highest BCUT2D eigenvalue weighted by Gasteiger charge is 2.24. The molecule has 0 heterocycles. The Balaban J connectivity index is 4.00. The number of unbranched alkanes of at least 4 members (excludes halogenated alkanes) is 10. The smallest absolute Gasteiger partial charge is 0.267 e. The van der Waals surface area contributed by atoms with Crippen molar-refractivity contribution in [3.05, 3.63) is 72.9 Å². The zero-order valence-corrected chi connectivity index (χ0v) is 27.9. The van der Waals surface area contributed by atoms with E-state index in [4.69, 9.17) is 0 Å². The fourth-order valence-corrected chi connectivity index (χ4v) is 5.15. The van der Waals surface area contributed by atoms with E-state index in [1.54, 1.807) is 0 Å². The molecule has 2 unspecified atom stereocenters. The van der Waals surface area contributed by atoms with Crippen LogP contribution in [0.4, 0.5) is 0 Å². The summed E-state index contributed by atoms with van der Waals surface area (Å²) in [6, 6.07) is -1.07. The predicted octanol–water partition coefficient (Wildman–Crippen LogP) is 9.12. The molecular formula is C36H61NO5S. The average Bonchev–Trinajstić information content (AvgIpc) is 2.96. The zero-order valence-electron chi connectivity index (χ0n) is 27.0. The normalized spacial score (nSPS) is 14.4. The van der Waals surface area contributed by atoms with Crippen molar-refractivity contribution in [2.45, 2.75) is 142 Å². The van der Waals surface area contributed by atoms with Gasteiger partial charge in [-0.3, -0.25) is 9.35 Å². The zero-order chi connectivity index (χ0) is 31.9. The van der Waals surface area contributed by atoms with Crippen LogP contribution < -0.4 is 5.32 Å². The van der Waals surface area contributed by atoms with Gasteiger partial charge in [-0.05, 0) is 64.2 Å². The van der Waals surface area contributed by atoms with E-state index in [1.807, 2.05) is 6.08 Å². The van der Waals surface area contributed by atoms with Crippen LogP contribution in [0.5, 0.6) is 0 Å². The summed E-state index contributed by atoms with van der Waals surface area (Å²) in [5.41, 5.74) is 0. The molecule has 0 aromatic rings. The van der Waals surface area contributed by atoms with E-state index in [-0.39, 0.29) is 12.3 Å². The maximum atomic E-state index is 12.4. The number of hydrogen-bond acceptors (Lipinski definition) is 4. The minimum absolute atomic E-state index is 0.268. The molecule has 0 spiro atoms. The summed E-state index contributed by atoms with van der Waals surface area (Å²) in [6.07, 6.45) is 41.9. The Bertz CT molecular complexity index is 947. The van der Waals surface area contributed by atoms with Crippen LogP contribution in [0, 0.1) is 0 Å². The van der Waals surface area contributed by atoms with Crippen LogP contribution in [0.3, 0.4) is 0 Å². The summed E-state index contributed by atoms with van der Waals surface area (Å²) in [5.74, 6) is -1.02. The third-order valence-electron chi connectivity index (χ3n) is 6.89. The van der Waals surface area contributed by atoms with Crippen LogP contribution in [0.2, 0.25) is 0 Å². The molecule has 0 aromatic carbocycles. The fourth-order valence-electron chi connectivity index (χ4n) is 4.41. The molecule has 0 fully saturated rings. The van der Waals surface area contributed by atoms with Crippen LogP contribution in [0.25, 0.3) is 0 Å². The summed E-state index contributed by atoms with van der Waals surface area (Å²) in [6.45, 7) is 4.31. The highest BCUT2D eigenvalue weighted by atomic mass is 32.2. The molecule has 0 bridgehead atoms. The van der Waals surface area contributed by atoms with Gasteiger partial charge in [-0.2, -0.15) is 8.42 Å². The average molecular weight is 620 g/mol. The molecule has 0 rings (SSSR count). The van der Waals surface area contributed by atoms with E-state index >= 15 is 0 Å². The second-order valence-electron chi connectivity index (χ2n) is 11.1. The van der Waals surface area contributed by atoms with Crippen LogP contribution in [0.15, 0.2) is 72.9 Å². The molecule has 0 aliphatic rings. The number of hydrogen-bond donors (Lipinski definition) is 3. The quantitative estimate of drug-likeness (QED) is 0.0460. The summed E-state index contributed by atoms with van der Waals surface area (Å²) < 4.78 is 32.1. The topological polar surface area (TPSA) is 104 Å². The van der Waals surface area contributed by atoms with E-state index in [9.17, 15) is 22.9 Å². The molecule has 0 radical (unpaired) electrons.